The maximum Gasteiger partial charge on any atom is 0.0569 e. The van der Waals surface area contributed by atoms with Crippen LogP contribution in [0.3, 0.4) is 0 Å². The Hall–Kier alpha value is -0.930. The summed E-state index contributed by atoms with van der Waals surface area (Å²) in [6.45, 7) is 3.26. The number of hydrogen-bond acceptors (Lipinski definition) is 3. The van der Waals surface area contributed by atoms with Gasteiger partial charge in [0, 0.05) is 31.5 Å². The molecule has 72 valence electrons. The first-order valence-electron chi connectivity index (χ1n) is 4.32. The second-order valence-corrected chi connectivity index (χ2v) is 3.44. The molecular weight excluding hydrogens is 164 g/mol. The second-order valence-electron chi connectivity index (χ2n) is 3.44. The maximum atomic E-state index is 5.72. The van der Waals surface area contributed by atoms with Crippen LogP contribution in [0.2, 0.25) is 0 Å². The molecule has 0 spiro atoms. The SMILES string of the molecule is COCC(C)(CN)c1cccnc1. The summed E-state index contributed by atoms with van der Waals surface area (Å²) in [5.74, 6) is 0. The normalized spacial score (nSPS) is 15.3. The van der Waals surface area contributed by atoms with Crippen molar-refractivity contribution in [3.05, 3.63) is 30.1 Å². The van der Waals surface area contributed by atoms with Crippen LogP contribution in [-0.4, -0.2) is 25.2 Å². The van der Waals surface area contributed by atoms with Crippen molar-refractivity contribution in [2.75, 3.05) is 20.3 Å². The van der Waals surface area contributed by atoms with E-state index in [2.05, 4.69) is 11.9 Å². The van der Waals surface area contributed by atoms with Gasteiger partial charge in [0.1, 0.15) is 0 Å². The zero-order valence-electron chi connectivity index (χ0n) is 8.16. The smallest absolute Gasteiger partial charge is 0.0569 e. The van der Waals surface area contributed by atoms with Crippen LogP contribution in [0.1, 0.15) is 12.5 Å². The van der Waals surface area contributed by atoms with Crippen LogP contribution in [0.5, 0.6) is 0 Å². The van der Waals surface area contributed by atoms with Crippen molar-refractivity contribution < 1.29 is 4.74 Å². The Morgan fingerprint density at radius 3 is 2.85 bits per heavy atom. The summed E-state index contributed by atoms with van der Waals surface area (Å²) in [6, 6.07) is 3.94. The number of hydrogen-bond donors (Lipinski definition) is 1. The predicted molar refractivity (Wildman–Crippen MR) is 52.5 cm³/mol. The van der Waals surface area contributed by atoms with Crippen LogP contribution in [0.4, 0.5) is 0 Å². The Morgan fingerprint density at radius 2 is 2.38 bits per heavy atom. The molecule has 0 bridgehead atoms. The Morgan fingerprint density at radius 1 is 1.62 bits per heavy atom. The predicted octanol–water partition coefficient (Wildman–Crippen LogP) is 0.944. The van der Waals surface area contributed by atoms with E-state index in [4.69, 9.17) is 10.5 Å². The third-order valence-electron chi connectivity index (χ3n) is 2.27. The average Bonchev–Trinajstić information content (AvgIpc) is 2.19. The molecule has 0 saturated heterocycles. The molecule has 2 N–H and O–H groups in total. The average molecular weight is 180 g/mol. The van der Waals surface area contributed by atoms with Gasteiger partial charge in [-0.05, 0) is 11.6 Å². The summed E-state index contributed by atoms with van der Waals surface area (Å²) in [5, 5.41) is 0. The van der Waals surface area contributed by atoms with Crippen LogP contribution >= 0.6 is 0 Å². The molecule has 0 aliphatic rings. The van der Waals surface area contributed by atoms with Gasteiger partial charge in [-0.15, -0.1) is 0 Å². The van der Waals surface area contributed by atoms with E-state index in [9.17, 15) is 0 Å². The first-order chi connectivity index (χ1) is 6.23. The van der Waals surface area contributed by atoms with Gasteiger partial charge < -0.3 is 10.5 Å². The number of nitrogens with zero attached hydrogens (tertiary/aromatic N) is 1. The summed E-state index contributed by atoms with van der Waals surface area (Å²) < 4.78 is 5.14. The Kier molecular flexibility index (Phi) is 3.39. The molecule has 1 aromatic rings. The van der Waals surface area contributed by atoms with Crippen molar-refractivity contribution in [2.24, 2.45) is 5.73 Å². The van der Waals surface area contributed by atoms with Gasteiger partial charge in [-0.3, -0.25) is 4.98 Å². The summed E-state index contributed by atoms with van der Waals surface area (Å²) in [5.41, 5.74) is 6.72. The fraction of sp³-hybridized carbons (Fsp3) is 0.500. The van der Waals surface area contributed by atoms with Crippen LogP contribution in [0.25, 0.3) is 0 Å². The quantitative estimate of drug-likeness (QED) is 0.750. The van der Waals surface area contributed by atoms with E-state index in [-0.39, 0.29) is 5.41 Å². The van der Waals surface area contributed by atoms with Crippen LogP contribution in [0.15, 0.2) is 24.5 Å². The topological polar surface area (TPSA) is 48.1 Å². The molecule has 3 heteroatoms. The summed E-state index contributed by atoms with van der Waals surface area (Å²) in [7, 11) is 1.68. The molecular formula is C10H16N2O. The fourth-order valence-electron chi connectivity index (χ4n) is 1.30. The monoisotopic (exact) mass is 180 g/mol. The van der Waals surface area contributed by atoms with Crippen molar-refractivity contribution >= 4 is 0 Å². The van der Waals surface area contributed by atoms with Crippen LogP contribution < -0.4 is 5.73 Å². The highest BCUT2D eigenvalue weighted by Gasteiger charge is 2.24. The van der Waals surface area contributed by atoms with Gasteiger partial charge in [-0.2, -0.15) is 0 Å². The van der Waals surface area contributed by atoms with E-state index in [0.717, 1.165) is 5.56 Å². The van der Waals surface area contributed by atoms with Gasteiger partial charge in [0.15, 0.2) is 0 Å². The van der Waals surface area contributed by atoms with Crippen LogP contribution in [0, 0.1) is 0 Å². The molecule has 1 atom stereocenters. The zero-order chi connectivity index (χ0) is 9.73. The van der Waals surface area contributed by atoms with Crippen molar-refractivity contribution in [3.8, 4) is 0 Å². The highest BCUT2D eigenvalue weighted by molar-refractivity contribution is 5.21. The molecule has 13 heavy (non-hydrogen) atoms. The van der Waals surface area contributed by atoms with Crippen LogP contribution in [-0.2, 0) is 10.2 Å². The van der Waals surface area contributed by atoms with E-state index >= 15 is 0 Å². The minimum atomic E-state index is -0.122. The number of rotatable bonds is 4. The molecule has 0 saturated carbocycles. The molecule has 0 fully saturated rings. The summed E-state index contributed by atoms with van der Waals surface area (Å²) in [4.78, 5) is 4.07. The largest absolute Gasteiger partial charge is 0.384 e. The third kappa shape index (κ3) is 2.26. The molecule has 0 radical (unpaired) electrons. The molecule has 0 aliphatic heterocycles. The highest BCUT2D eigenvalue weighted by Crippen LogP contribution is 2.21. The van der Waals surface area contributed by atoms with Gasteiger partial charge in [-0.1, -0.05) is 13.0 Å². The van der Waals surface area contributed by atoms with Gasteiger partial charge in [0.25, 0.3) is 0 Å². The van der Waals surface area contributed by atoms with Gasteiger partial charge in [0.05, 0.1) is 6.61 Å². The molecule has 1 aromatic heterocycles. The Bertz CT molecular complexity index is 250. The lowest BCUT2D eigenvalue weighted by molar-refractivity contribution is 0.141. The molecule has 1 heterocycles. The van der Waals surface area contributed by atoms with E-state index in [1.165, 1.54) is 0 Å². The number of nitrogens with two attached hydrogens (primary N) is 1. The molecule has 3 nitrogen and oxygen atoms in total. The highest BCUT2D eigenvalue weighted by atomic mass is 16.5. The lowest BCUT2D eigenvalue weighted by Crippen LogP contribution is -2.36. The molecule has 0 aromatic carbocycles. The van der Waals surface area contributed by atoms with Crippen molar-refractivity contribution in [1.82, 2.24) is 4.98 Å². The van der Waals surface area contributed by atoms with Crippen molar-refractivity contribution in [1.29, 1.82) is 0 Å². The molecule has 0 amide bonds. The van der Waals surface area contributed by atoms with E-state index in [1.54, 1.807) is 13.3 Å². The zero-order valence-corrected chi connectivity index (χ0v) is 8.16. The Labute approximate surface area is 78.9 Å². The third-order valence-corrected chi connectivity index (χ3v) is 2.27. The number of pyridine rings is 1. The Balaban J connectivity index is 2.89. The molecule has 1 unspecified atom stereocenters. The standard InChI is InChI=1S/C10H16N2O/c1-10(7-11,8-13-2)9-4-3-5-12-6-9/h3-6H,7-8,11H2,1-2H3. The molecule has 1 rings (SSSR count). The lowest BCUT2D eigenvalue weighted by Gasteiger charge is -2.26. The van der Waals surface area contributed by atoms with Crippen molar-refractivity contribution in [3.63, 3.8) is 0 Å². The van der Waals surface area contributed by atoms with E-state index in [0.29, 0.717) is 13.2 Å². The molecule has 0 aliphatic carbocycles. The minimum absolute atomic E-state index is 0.122. The first-order valence-corrected chi connectivity index (χ1v) is 4.32. The fourth-order valence-corrected chi connectivity index (χ4v) is 1.30. The second kappa shape index (κ2) is 4.35. The van der Waals surface area contributed by atoms with Crippen molar-refractivity contribution in [2.45, 2.75) is 12.3 Å². The van der Waals surface area contributed by atoms with E-state index < -0.39 is 0 Å². The first kappa shape index (κ1) is 10.2. The maximum absolute atomic E-state index is 5.72. The minimum Gasteiger partial charge on any atom is -0.384 e. The summed E-state index contributed by atoms with van der Waals surface area (Å²) in [6.07, 6.45) is 3.60. The van der Waals surface area contributed by atoms with Gasteiger partial charge in [-0.25, -0.2) is 0 Å². The summed E-state index contributed by atoms with van der Waals surface area (Å²) >= 11 is 0. The number of ether oxygens (including phenoxy) is 1. The van der Waals surface area contributed by atoms with Gasteiger partial charge in [0.2, 0.25) is 0 Å². The lowest BCUT2D eigenvalue weighted by atomic mass is 9.84. The number of aromatic nitrogens is 1. The van der Waals surface area contributed by atoms with Gasteiger partial charge >= 0.3 is 0 Å². The van der Waals surface area contributed by atoms with E-state index in [1.807, 2.05) is 18.3 Å². The number of methoxy groups -OCH3 is 1.